The minimum atomic E-state index is -1.22. The average Bonchev–Trinajstić information content (AvgIpc) is 2.70. The lowest BCUT2D eigenvalue weighted by molar-refractivity contribution is -0.145. The third kappa shape index (κ3) is 3.13. The predicted molar refractivity (Wildman–Crippen MR) is 90.9 cm³/mol. The molecule has 0 N–H and O–H groups in total. The maximum atomic E-state index is 13.1. The van der Waals surface area contributed by atoms with Crippen LogP contribution in [-0.4, -0.2) is 49.4 Å². The molecular weight excluding hydrogens is 308 g/mol. The highest BCUT2D eigenvalue weighted by atomic mass is 16.5. The van der Waals surface area contributed by atoms with Crippen molar-refractivity contribution in [2.45, 2.75) is 33.2 Å². The van der Waals surface area contributed by atoms with Gasteiger partial charge in [0.2, 0.25) is 5.91 Å². The number of carbonyl (C=O) groups is 3. The number of nitrogens with zero attached hydrogens (tertiary/aromatic N) is 2. The van der Waals surface area contributed by atoms with Gasteiger partial charge in [0.25, 0.3) is 5.91 Å². The lowest BCUT2D eigenvalue weighted by Gasteiger charge is -2.28. The first-order chi connectivity index (χ1) is 11.7. The van der Waals surface area contributed by atoms with Crippen LogP contribution in [0.1, 0.15) is 38.1 Å². The maximum Gasteiger partial charge on any atom is 0.310 e. The van der Waals surface area contributed by atoms with Crippen LogP contribution < -0.4 is 4.90 Å². The smallest absolute Gasteiger partial charge is 0.310 e. The van der Waals surface area contributed by atoms with Gasteiger partial charge in [-0.2, -0.15) is 0 Å². The molecule has 0 aromatic heterocycles. The lowest BCUT2D eigenvalue weighted by atomic mass is 10.0. The van der Waals surface area contributed by atoms with Gasteiger partial charge in [-0.1, -0.05) is 19.9 Å². The molecule has 0 aliphatic carbocycles. The number of anilines is 1. The van der Waals surface area contributed by atoms with E-state index in [1.165, 1.54) is 23.8 Å². The lowest BCUT2D eigenvalue weighted by Crippen LogP contribution is -2.48. The van der Waals surface area contributed by atoms with E-state index >= 15 is 0 Å². The number of fused-ring (bicyclic) bond motifs is 1. The molecular formula is C18H24N2O4. The van der Waals surface area contributed by atoms with Gasteiger partial charge in [0.1, 0.15) is 6.04 Å². The summed E-state index contributed by atoms with van der Waals surface area (Å²) in [6.07, 6.45) is 0.747. The van der Waals surface area contributed by atoms with E-state index in [-0.39, 0.29) is 5.91 Å². The van der Waals surface area contributed by atoms with Gasteiger partial charge in [0.05, 0.1) is 25.6 Å². The number of esters is 1. The van der Waals surface area contributed by atoms with Crippen LogP contribution in [-0.2, 0) is 20.7 Å². The van der Waals surface area contributed by atoms with Crippen LogP contribution in [0.15, 0.2) is 18.2 Å². The average molecular weight is 333 g/mol. The van der Waals surface area contributed by atoms with Crippen LogP contribution >= 0.6 is 0 Å². The number of amides is 2. The van der Waals surface area contributed by atoms with Gasteiger partial charge in [-0.3, -0.25) is 14.4 Å². The topological polar surface area (TPSA) is 66.9 Å². The molecule has 2 amide bonds. The van der Waals surface area contributed by atoms with Crippen molar-refractivity contribution in [2.24, 2.45) is 5.92 Å². The van der Waals surface area contributed by atoms with E-state index in [1.54, 1.807) is 26.1 Å². The normalized spacial score (nSPS) is 20.9. The highest BCUT2D eigenvalue weighted by molar-refractivity contribution is 6.10. The highest BCUT2D eigenvalue weighted by Crippen LogP contribution is 2.28. The number of benzene rings is 1. The number of ether oxygens (including phenoxy) is 1. The number of carbonyl (C=O) groups excluding carboxylic acids is 3. The molecule has 24 heavy (non-hydrogen) atoms. The van der Waals surface area contributed by atoms with Gasteiger partial charge in [0.15, 0.2) is 0 Å². The summed E-state index contributed by atoms with van der Waals surface area (Å²) < 4.78 is 13.1. The number of likely N-dealkylation sites (N-methyl/N-ethyl adjacent to an activating group) is 1. The van der Waals surface area contributed by atoms with E-state index in [4.69, 9.17) is 1.37 Å². The SMILES string of the molecule is [2H]C(C(C)C(=O)OC)N1C(=O)c2cc(CC)ccc2N(C)C(=O)C1C. The zero-order chi connectivity index (χ0) is 18.9. The quantitative estimate of drug-likeness (QED) is 0.789. The van der Waals surface area contributed by atoms with Crippen LogP contribution in [0.5, 0.6) is 0 Å². The summed E-state index contributed by atoms with van der Waals surface area (Å²) >= 11 is 0. The molecule has 130 valence electrons. The molecule has 0 bridgehead atoms. The number of hydrogen-bond donors (Lipinski definition) is 0. The van der Waals surface area contributed by atoms with Gasteiger partial charge >= 0.3 is 5.97 Å². The van der Waals surface area contributed by atoms with Crippen molar-refractivity contribution < 1.29 is 20.5 Å². The summed E-state index contributed by atoms with van der Waals surface area (Å²) in [5, 5.41) is 0. The molecule has 0 radical (unpaired) electrons. The second kappa shape index (κ2) is 7.03. The van der Waals surface area contributed by atoms with Crippen LogP contribution in [0.2, 0.25) is 0 Å². The number of aryl methyl sites for hydroxylation is 1. The van der Waals surface area contributed by atoms with Crippen molar-refractivity contribution in [3.63, 3.8) is 0 Å². The first-order valence-electron chi connectivity index (χ1n) is 8.55. The summed E-state index contributed by atoms with van der Waals surface area (Å²) in [6.45, 7) is 3.86. The highest BCUT2D eigenvalue weighted by Gasteiger charge is 2.37. The van der Waals surface area contributed by atoms with Crippen molar-refractivity contribution >= 4 is 23.5 Å². The molecule has 1 aromatic carbocycles. The Balaban J connectivity index is 2.55. The van der Waals surface area contributed by atoms with Gasteiger partial charge in [-0.15, -0.1) is 0 Å². The van der Waals surface area contributed by atoms with Gasteiger partial charge in [-0.05, 0) is 31.0 Å². The molecule has 2 rings (SSSR count). The molecule has 0 saturated carbocycles. The number of hydrogen-bond acceptors (Lipinski definition) is 4. The van der Waals surface area contributed by atoms with Gasteiger partial charge in [-0.25, -0.2) is 0 Å². The fourth-order valence-electron chi connectivity index (χ4n) is 2.78. The van der Waals surface area contributed by atoms with Crippen molar-refractivity contribution in [3.8, 4) is 0 Å². The first kappa shape index (κ1) is 16.5. The molecule has 3 atom stereocenters. The molecule has 0 spiro atoms. The Morgan fingerprint density at radius 3 is 2.67 bits per heavy atom. The molecule has 3 unspecified atom stereocenters. The molecule has 1 aromatic rings. The van der Waals surface area contributed by atoms with Crippen molar-refractivity contribution in [3.05, 3.63) is 29.3 Å². The molecule has 0 fully saturated rings. The summed E-state index contributed by atoms with van der Waals surface area (Å²) in [6, 6.07) is 4.53. The zero-order valence-corrected chi connectivity index (χ0v) is 14.7. The van der Waals surface area contributed by atoms with Crippen LogP contribution in [0.25, 0.3) is 0 Å². The van der Waals surface area contributed by atoms with Crippen LogP contribution in [0, 0.1) is 5.92 Å². The molecule has 6 nitrogen and oxygen atoms in total. The molecule has 0 saturated heterocycles. The molecule has 1 aliphatic rings. The standard InChI is InChI=1S/C18H24N2O4/c1-6-13-7-8-15-14(9-13)17(22)20(10-11(2)18(23)24-5)12(3)16(21)19(15)4/h7-9,11-12H,6,10H2,1-5H3/i10D. The van der Waals surface area contributed by atoms with Crippen LogP contribution in [0.4, 0.5) is 5.69 Å². The zero-order valence-electron chi connectivity index (χ0n) is 15.7. The fourth-order valence-corrected chi connectivity index (χ4v) is 2.78. The fraction of sp³-hybridized carbons (Fsp3) is 0.500. The third-order valence-electron chi connectivity index (χ3n) is 4.36. The largest absolute Gasteiger partial charge is 0.469 e. The Labute approximate surface area is 143 Å². The minimum absolute atomic E-state index is 0.300. The first-order valence-corrected chi connectivity index (χ1v) is 7.97. The number of rotatable bonds is 4. The van der Waals surface area contributed by atoms with Crippen molar-refractivity contribution in [1.29, 1.82) is 0 Å². The van der Waals surface area contributed by atoms with Crippen molar-refractivity contribution in [2.75, 3.05) is 25.6 Å². The van der Waals surface area contributed by atoms with E-state index < -0.39 is 30.4 Å². The third-order valence-corrected chi connectivity index (χ3v) is 4.36. The summed E-state index contributed by atoms with van der Waals surface area (Å²) in [5.74, 6) is -2.19. The Morgan fingerprint density at radius 2 is 2.08 bits per heavy atom. The minimum Gasteiger partial charge on any atom is -0.469 e. The summed E-state index contributed by atoms with van der Waals surface area (Å²) in [4.78, 5) is 40.3. The Hall–Kier alpha value is -2.37. The monoisotopic (exact) mass is 333 g/mol. The molecule has 1 heterocycles. The molecule has 6 heteroatoms. The summed E-state index contributed by atoms with van der Waals surface area (Å²) in [5.41, 5.74) is 1.85. The van der Waals surface area contributed by atoms with E-state index in [0.29, 0.717) is 11.3 Å². The maximum absolute atomic E-state index is 13.1. The number of methoxy groups -OCH3 is 1. The van der Waals surface area contributed by atoms with E-state index in [0.717, 1.165) is 12.0 Å². The predicted octanol–water partition coefficient (Wildman–Crippen LogP) is 1.87. The summed E-state index contributed by atoms with van der Waals surface area (Å²) in [7, 11) is 2.85. The van der Waals surface area contributed by atoms with Crippen LogP contribution in [0.3, 0.4) is 0 Å². The second-order valence-corrected chi connectivity index (χ2v) is 5.95. The molecule has 1 aliphatic heterocycles. The second-order valence-electron chi connectivity index (χ2n) is 5.95. The van der Waals surface area contributed by atoms with E-state index in [1.807, 2.05) is 13.0 Å². The van der Waals surface area contributed by atoms with Gasteiger partial charge < -0.3 is 14.5 Å². The Kier molecular flexibility index (Phi) is 4.83. The Bertz CT molecular complexity index is 706. The van der Waals surface area contributed by atoms with Gasteiger partial charge in [0, 0.05) is 13.6 Å². The Morgan fingerprint density at radius 1 is 1.42 bits per heavy atom. The van der Waals surface area contributed by atoms with Crippen molar-refractivity contribution in [1.82, 2.24) is 4.90 Å². The van der Waals surface area contributed by atoms with E-state index in [9.17, 15) is 14.4 Å². The van der Waals surface area contributed by atoms with E-state index in [2.05, 4.69) is 4.74 Å².